The van der Waals surface area contributed by atoms with Gasteiger partial charge in [0, 0.05) is 37.5 Å². The second-order valence-electron chi connectivity index (χ2n) is 7.51. The van der Waals surface area contributed by atoms with E-state index in [1.807, 2.05) is 61.7 Å². The van der Waals surface area contributed by atoms with Gasteiger partial charge < -0.3 is 14.7 Å². The Morgan fingerprint density at radius 3 is 2.59 bits per heavy atom. The molecule has 0 bridgehead atoms. The van der Waals surface area contributed by atoms with Gasteiger partial charge in [0.15, 0.2) is 0 Å². The molecule has 6 nitrogen and oxygen atoms in total. The van der Waals surface area contributed by atoms with Gasteiger partial charge in [-0.1, -0.05) is 30.3 Å². The fraction of sp³-hybridized carbons (Fsp3) is 0.304. The molecule has 29 heavy (non-hydrogen) atoms. The van der Waals surface area contributed by atoms with E-state index in [4.69, 9.17) is 4.74 Å². The summed E-state index contributed by atoms with van der Waals surface area (Å²) in [6.07, 6.45) is 3.78. The summed E-state index contributed by atoms with van der Waals surface area (Å²) in [4.78, 5) is 15.0. The molecule has 150 valence electrons. The Morgan fingerprint density at radius 2 is 1.97 bits per heavy atom. The molecule has 1 amide bonds. The molecular weight excluding hydrogens is 366 g/mol. The molecule has 4 rings (SSSR count). The van der Waals surface area contributed by atoms with Crippen LogP contribution in [-0.2, 0) is 11.3 Å². The van der Waals surface area contributed by atoms with Gasteiger partial charge in [0.05, 0.1) is 18.3 Å². The molecule has 1 aliphatic rings. The summed E-state index contributed by atoms with van der Waals surface area (Å²) in [5, 5.41) is 15.3. The number of ether oxygens (including phenoxy) is 1. The lowest BCUT2D eigenvalue weighted by molar-refractivity contribution is -0.0458. The highest BCUT2D eigenvalue weighted by Crippen LogP contribution is 2.28. The molecule has 1 saturated heterocycles. The third-order valence-corrected chi connectivity index (χ3v) is 5.51. The average Bonchev–Trinajstić information content (AvgIpc) is 3.39. The molecule has 0 aliphatic carbocycles. The van der Waals surface area contributed by atoms with E-state index in [0.29, 0.717) is 25.1 Å². The van der Waals surface area contributed by atoms with Crippen LogP contribution in [0.3, 0.4) is 0 Å². The molecule has 0 spiro atoms. The summed E-state index contributed by atoms with van der Waals surface area (Å²) >= 11 is 0. The topological polar surface area (TPSA) is 67.6 Å². The number of benzene rings is 2. The first-order chi connectivity index (χ1) is 14.0. The van der Waals surface area contributed by atoms with Crippen LogP contribution in [0.1, 0.15) is 29.3 Å². The van der Waals surface area contributed by atoms with Crippen LogP contribution in [0.2, 0.25) is 0 Å². The molecule has 2 atom stereocenters. The van der Waals surface area contributed by atoms with E-state index in [9.17, 15) is 9.90 Å². The van der Waals surface area contributed by atoms with Crippen LogP contribution in [0.15, 0.2) is 73.1 Å². The van der Waals surface area contributed by atoms with E-state index in [2.05, 4.69) is 5.10 Å². The Bertz CT molecular complexity index is 941. The second kappa shape index (κ2) is 8.19. The number of nitrogens with zero attached hydrogens (tertiary/aromatic N) is 3. The van der Waals surface area contributed by atoms with E-state index >= 15 is 0 Å². The Balaban J connectivity index is 1.58. The highest BCUT2D eigenvalue weighted by atomic mass is 16.5. The van der Waals surface area contributed by atoms with E-state index < -0.39 is 5.60 Å². The first-order valence-corrected chi connectivity index (χ1v) is 9.82. The van der Waals surface area contributed by atoms with Crippen molar-refractivity contribution in [2.75, 3.05) is 13.2 Å². The quantitative estimate of drug-likeness (QED) is 0.701. The number of carbonyl (C=O) groups is 1. The van der Waals surface area contributed by atoms with Crippen LogP contribution >= 0.6 is 0 Å². The summed E-state index contributed by atoms with van der Waals surface area (Å²) in [7, 11) is 0. The molecule has 1 aromatic heterocycles. The average molecular weight is 391 g/mol. The normalized spacial score (nSPS) is 21.2. The molecule has 0 unspecified atom stereocenters. The van der Waals surface area contributed by atoms with Gasteiger partial charge in [-0.25, -0.2) is 4.68 Å². The van der Waals surface area contributed by atoms with Crippen molar-refractivity contribution in [2.45, 2.75) is 31.6 Å². The number of aliphatic hydroxyl groups is 1. The van der Waals surface area contributed by atoms with Crippen LogP contribution in [-0.4, -0.2) is 50.6 Å². The van der Waals surface area contributed by atoms with Gasteiger partial charge in [-0.15, -0.1) is 0 Å². The smallest absolute Gasteiger partial charge is 0.254 e. The van der Waals surface area contributed by atoms with Crippen LogP contribution in [0.25, 0.3) is 5.69 Å². The number of hydrogen-bond acceptors (Lipinski definition) is 4. The molecular formula is C23H25N3O3. The largest absolute Gasteiger partial charge is 0.385 e. The molecule has 1 fully saturated rings. The first-order valence-electron chi connectivity index (χ1n) is 9.82. The van der Waals surface area contributed by atoms with Crippen molar-refractivity contribution in [2.24, 2.45) is 0 Å². The minimum Gasteiger partial charge on any atom is -0.385 e. The summed E-state index contributed by atoms with van der Waals surface area (Å²) in [6.45, 7) is 3.01. The van der Waals surface area contributed by atoms with Crippen molar-refractivity contribution in [1.29, 1.82) is 0 Å². The Hall–Kier alpha value is -2.96. The monoisotopic (exact) mass is 391 g/mol. The van der Waals surface area contributed by atoms with E-state index in [0.717, 1.165) is 11.3 Å². The third kappa shape index (κ3) is 4.23. The van der Waals surface area contributed by atoms with Crippen molar-refractivity contribution >= 4 is 5.91 Å². The lowest BCUT2D eigenvalue weighted by Crippen LogP contribution is -2.49. The van der Waals surface area contributed by atoms with Crippen LogP contribution in [0, 0.1) is 0 Å². The molecule has 1 N–H and O–H groups in total. The second-order valence-corrected chi connectivity index (χ2v) is 7.51. The lowest BCUT2D eigenvalue weighted by Gasteiger charge is -2.33. The number of carbonyl (C=O) groups excluding carboxylic acids is 1. The molecule has 0 saturated carbocycles. The zero-order valence-corrected chi connectivity index (χ0v) is 16.4. The predicted octanol–water partition coefficient (Wildman–Crippen LogP) is 3.05. The first kappa shape index (κ1) is 19.4. The Labute approximate surface area is 170 Å². The number of amides is 1. The number of rotatable bonds is 6. The lowest BCUT2D eigenvalue weighted by atomic mass is 9.95. The molecule has 0 radical (unpaired) electrons. The van der Waals surface area contributed by atoms with Crippen molar-refractivity contribution in [1.82, 2.24) is 14.7 Å². The minimum atomic E-state index is -1.04. The maximum absolute atomic E-state index is 13.3. The zero-order chi connectivity index (χ0) is 20.3. The zero-order valence-electron chi connectivity index (χ0n) is 16.4. The van der Waals surface area contributed by atoms with Gasteiger partial charge >= 0.3 is 0 Å². The summed E-state index contributed by atoms with van der Waals surface area (Å²) in [5.41, 5.74) is 1.44. The molecule has 6 heteroatoms. The van der Waals surface area contributed by atoms with Gasteiger partial charge in [0.25, 0.3) is 5.91 Å². The summed E-state index contributed by atoms with van der Waals surface area (Å²) < 4.78 is 7.31. The van der Waals surface area contributed by atoms with Crippen molar-refractivity contribution in [3.63, 3.8) is 0 Å². The van der Waals surface area contributed by atoms with Crippen molar-refractivity contribution < 1.29 is 14.6 Å². The SMILES string of the molecule is C[C@H]1OCC[C@@]1(O)CN(Cc1ccccc1)C(=O)c1ccc(-n2cccn2)cc1. The minimum absolute atomic E-state index is 0.117. The van der Waals surface area contributed by atoms with Crippen LogP contribution in [0.4, 0.5) is 0 Å². The highest BCUT2D eigenvalue weighted by molar-refractivity contribution is 5.94. The maximum atomic E-state index is 13.3. The Kier molecular flexibility index (Phi) is 5.47. The molecule has 3 aromatic rings. The summed E-state index contributed by atoms with van der Waals surface area (Å²) in [6, 6.07) is 19.0. The fourth-order valence-electron chi connectivity index (χ4n) is 3.67. The van der Waals surface area contributed by atoms with Gasteiger partial charge in [0.1, 0.15) is 5.60 Å². The van der Waals surface area contributed by atoms with E-state index in [1.165, 1.54) is 0 Å². The van der Waals surface area contributed by atoms with Crippen molar-refractivity contribution in [3.8, 4) is 5.69 Å². The standard InChI is InChI=1S/C23H25N3O3/c1-18-23(28,12-15-29-18)17-25(16-19-6-3-2-4-7-19)22(27)20-8-10-21(11-9-20)26-14-5-13-24-26/h2-11,13-14,18,28H,12,15-17H2,1H3/t18-,23-/m1/s1. The van der Waals surface area contributed by atoms with Gasteiger partial charge in [-0.3, -0.25) is 4.79 Å². The number of aromatic nitrogens is 2. The molecule has 2 heterocycles. The van der Waals surface area contributed by atoms with Gasteiger partial charge in [0.2, 0.25) is 0 Å². The molecule has 1 aliphatic heterocycles. The van der Waals surface area contributed by atoms with E-state index in [1.54, 1.807) is 27.9 Å². The van der Waals surface area contributed by atoms with Crippen LogP contribution in [0.5, 0.6) is 0 Å². The van der Waals surface area contributed by atoms with Gasteiger partial charge in [-0.2, -0.15) is 5.10 Å². The van der Waals surface area contributed by atoms with Crippen LogP contribution < -0.4 is 0 Å². The highest BCUT2D eigenvalue weighted by Gasteiger charge is 2.42. The molecule has 2 aromatic carbocycles. The summed E-state index contributed by atoms with van der Waals surface area (Å²) in [5.74, 6) is -0.117. The van der Waals surface area contributed by atoms with Crippen molar-refractivity contribution in [3.05, 3.63) is 84.2 Å². The Morgan fingerprint density at radius 1 is 1.21 bits per heavy atom. The van der Waals surface area contributed by atoms with Gasteiger partial charge in [-0.05, 0) is 42.8 Å². The maximum Gasteiger partial charge on any atom is 0.254 e. The van der Waals surface area contributed by atoms with E-state index in [-0.39, 0.29) is 18.6 Å². The number of hydrogen-bond donors (Lipinski definition) is 1. The third-order valence-electron chi connectivity index (χ3n) is 5.51. The fourth-order valence-corrected chi connectivity index (χ4v) is 3.67. The predicted molar refractivity (Wildman–Crippen MR) is 110 cm³/mol.